The van der Waals surface area contributed by atoms with Gasteiger partial charge in [-0.2, -0.15) is 0 Å². The van der Waals surface area contributed by atoms with E-state index in [1.807, 2.05) is 13.8 Å². The Morgan fingerprint density at radius 3 is 2.56 bits per heavy atom. The van der Waals surface area contributed by atoms with Crippen LogP contribution in [0, 0.1) is 5.41 Å². The van der Waals surface area contributed by atoms with Gasteiger partial charge in [-0.3, -0.25) is 9.59 Å². The monoisotopic (exact) mass is 460 g/mol. The number of oxime groups is 1. The molecule has 1 amide bonds. The molecule has 2 N–H and O–H groups in total. The zero-order valence-electron chi connectivity index (χ0n) is 19.3. The molecule has 3 aliphatic carbocycles. The maximum absolute atomic E-state index is 13.0. The SMILES string of the molecule is CC1=C(C=NO/C(C)=N\NC(=O)c2ccc(N=[N+]=[N-])cc2)C2=C(C)C3(CC3)[C@@](C)(O)C(=O)C2=C1. The predicted molar refractivity (Wildman–Crippen MR) is 126 cm³/mol. The standard InChI is InChI=1S/C24H24N6O4/c1-13-11-18-20(14(2)24(9-10-24)23(4,33)21(18)31)19(13)12-26-34-15(3)27-29-22(32)16-5-7-17(8-6-16)28-30-25/h5-8,11-12,33H,9-10H2,1-4H3,(H,29,32)/b26-12?,27-15-/t23-/m0/s1. The molecule has 4 rings (SSSR count). The third kappa shape index (κ3) is 3.72. The third-order valence-corrected chi connectivity index (χ3v) is 6.76. The summed E-state index contributed by atoms with van der Waals surface area (Å²) in [5.41, 5.74) is 13.5. The molecule has 0 heterocycles. The molecule has 0 unspecified atom stereocenters. The first kappa shape index (κ1) is 23.2. The number of amides is 1. The number of allylic oxidation sites excluding steroid dienone is 4. The molecular formula is C24H24N6O4. The van der Waals surface area contributed by atoms with Crippen LogP contribution >= 0.6 is 0 Å². The Morgan fingerprint density at radius 1 is 1.26 bits per heavy atom. The minimum absolute atomic E-state index is 0.103. The van der Waals surface area contributed by atoms with E-state index in [2.05, 4.69) is 25.7 Å². The van der Waals surface area contributed by atoms with Gasteiger partial charge in [0.15, 0.2) is 5.78 Å². The van der Waals surface area contributed by atoms with Crippen LogP contribution in [0.2, 0.25) is 0 Å². The predicted octanol–water partition coefficient (Wildman–Crippen LogP) is 4.38. The number of Topliss-reactive ketones (excluding diaryl/α,β-unsaturated/α-hetero) is 1. The minimum Gasteiger partial charge on any atom is -0.381 e. The summed E-state index contributed by atoms with van der Waals surface area (Å²) in [7, 11) is 0. The number of ketones is 1. The number of nitrogens with zero attached hydrogens (tertiary/aromatic N) is 5. The number of hydrogen-bond acceptors (Lipinski definition) is 7. The van der Waals surface area contributed by atoms with Crippen molar-refractivity contribution < 1.29 is 19.5 Å². The lowest BCUT2D eigenvalue weighted by molar-refractivity contribution is -0.137. The second-order valence-corrected chi connectivity index (χ2v) is 8.77. The molecule has 0 radical (unpaired) electrons. The van der Waals surface area contributed by atoms with E-state index in [1.165, 1.54) is 37.4 Å². The van der Waals surface area contributed by atoms with E-state index < -0.39 is 16.9 Å². The highest BCUT2D eigenvalue weighted by molar-refractivity contribution is 6.13. The minimum atomic E-state index is -1.40. The molecule has 1 aromatic carbocycles. The Bertz CT molecular complexity index is 1290. The summed E-state index contributed by atoms with van der Waals surface area (Å²) in [4.78, 5) is 33.1. The molecular weight excluding hydrogens is 436 g/mol. The van der Waals surface area contributed by atoms with Gasteiger partial charge in [0.1, 0.15) is 5.60 Å². The highest BCUT2D eigenvalue weighted by Gasteiger charge is 2.65. The zero-order valence-corrected chi connectivity index (χ0v) is 19.3. The molecule has 1 fully saturated rings. The maximum atomic E-state index is 13.0. The second kappa shape index (κ2) is 8.40. The van der Waals surface area contributed by atoms with Crippen molar-refractivity contribution in [1.29, 1.82) is 0 Å². The van der Waals surface area contributed by atoms with Crippen molar-refractivity contribution in [2.24, 2.45) is 20.8 Å². The molecule has 0 bridgehead atoms. The van der Waals surface area contributed by atoms with Gasteiger partial charge in [0.25, 0.3) is 5.91 Å². The van der Waals surface area contributed by atoms with Crippen molar-refractivity contribution in [3.63, 3.8) is 0 Å². The van der Waals surface area contributed by atoms with E-state index in [9.17, 15) is 14.7 Å². The Balaban J connectivity index is 1.44. The van der Waals surface area contributed by atoms with Crippen LogP contribution in [0.15, 0.2) is 73.6 Å². The van der Waals surface area contributed by atoms with Crippen LogP contribution in [0.4, 0.5) is 5.69 Å². The van der Waals surface area contributed by atoms with E-state index in [0.717, 1.165) is 35.1 Å². The van der Waals surface area contributed by atoms with Crippen molar-refractivity contribution in [2.45, 2.75) is 46.1 Å². The van der Waals surface area contributed by atoms with E-state index in [-0.39, 0.29) is 11.7 Å². The van der Waals surface area contributed by atoms with Gasteiger partial charge in [-0.15, -0.1) is 5.10 Å². The van der Waals surface area contributed by atoms with E-state index in [4.69, 9.17) is 10.4 Å². The summed E-state index contributed by atoms with van der Waals surface area (Å²) >= 11 is 0. The van der Waals surface area contributed by atoms with Crippen molar-refractivity contribution in [1.82, 2.24) is 5.43 Å². The molecule has 1 atom stereocenters. The third-order valence-electron chi connectivity index (χ3n) is 6.76. The fourth-order valence-corrected chi connectivity index (χ4v) is 4.63. The average Bonchev–Trinajstić information content (AvgIpc) is 3.56. The number of nitrogens with one attached hydrogen (secondary N) is 1. The largest absolute Gasteiger partial charge is 0.381 e. The summed E-state index contributed by atoms with van der Waals surface area (Å²) in [6.07, 6.45) is 4.85. The Hall–Kier alpha value is -4.01. The van der Waals surface area contributed by atoms with Gasteiger partial charge >= 0.3 is 0 Å². The van der Waals surface area contributed by atoms with Crippen molar-refractivity contribution in [2.75, 3.05) is 0 Å². The number of benzene rings is 1. The van der Waals surface area contributed by atoms with Crippen LogP contribution in [0.1, 0.15) is 50.9 Å². The van der Waals surface area contributed by atoms with Crippen LogP contribution in [0.5, 0.6) is 0 Å². The van der Waals surface area contributed by atoms with E-state index in [0.29, 0.717) is 16.8 Å². The van der Waals surface area contributed by atoms with Crippen molar-refractivity contribution >= 4 is 29.5 Å². The first-order valence-corrected chi connectivity index (χ1v) is 10.7. The number of fused-ring (bicyclic) bond motifs is 1. The van der Waals surface area contributed by atoms with Crippen LogP contribution in [-0.4, -0.2) is 34.5 Å². The molecule has 1 aromatic rings. The summed E-state index contributed by atoms with van der Waals surface area (Å²) in [5, 5.41) is 22.2. The summed E-state index contributed by atoms with van der Waals surface area (Å²) < 4.78 is 0. The number of carbonyl (C=O) groups excluding carboxylic acids is 2. The zero-order chi connectivity index (χ0) is 24.7. The molecule has 1 spiro atoms. The van der Waals surface area contributed by atoms with Crippen LogP contribution < -0.4 is 5.43 Å². The van der Waals surface area contributed by atoms with Crippen LogP contribution in [0.3, 0.4) is 0 Å². The normalized spacial score (nSPS) is 23.1. The van der Waals surface area contributed by atoms with Crippen LogP contribution in [0.25, 0.3) is 10.4 Å². The van der Waals surface area contributed by atoms with Gasteiger partial charge < -0.3 is 9.94 Å². The fourth-order valence-electron chi connectivity index (χ4n) is 4.63. The molecule has 34 heavy (non-hydrogen) atoms. The number of aliphatic hydroxyl groups is 1. The van der Waals surface area contributed by atoms with Gasteiger partial charge in [-0.05, 0) is 68.5 Å². The second-order valence-electron chi connectivity index (χ2n) is 8.77. The van der Waals surface area contributed by atoms with Crippen molar-refractivity contribution in [3.8, 4) is 0 Å². The highest BCUT2D eigenvalue weighted by atomic mass is 16.6. The van der Waals surface area contributed by atoms with E-state index in [1.54, 1.807) is 13.0 Å². The van der Waals surface area contributed by atoms with Gasteiger partial charge in [-0.1, -0.05) is 28.0 Å². The number of rotatable bonds is 5. The quantitative estimate of drug-likeness (QED) is 0.167. The first-order valence-electron chi connectivity index (χ1n) is 10.7. The topological polar surface area (TPSA) is 149 Å². The van der Waals surface area contributed by atoms with Crippen LogP contribution in [-0.2, 0) is 9.63 Å². The number of azide groups is 1. The lowest BCUT2D eigenvalue weighted by Gasteiger charge is -2.39. The van der Waals surface area contributed by atoms with Gasteiger partial charge in [-0.25, -0.2) is 5.43 Å². The molecule has 0 saturated heterocycles. The number of hydrogen-bond donors (Lipinski definition) is 2. The van der Waals surface area contributed by atoms with Gasteiger partial charge in [0.05, 0.1) is 6.21 Å². The molecule has 10 heteroatoms. The Labute approximate surface area is 196 Å². The molecule has 1 saturated carbocycles. The summed E-state index contributed by atoms with van der Waals surface area (Å²) in [5.74, 6) is -0.625. The molecule has 0 aromatic heterocycles. The molecule has 3 aliphatic rings. The molecule has 0 aliphatic heterocycles. The van der Waals surface area contributed by atoms with E-state index >= 15 is 0 Å². The molecule has 174 valence electrons. The smallest absolute Gasteiger partial charge is 0.271 e. The molecule has 10 nitrogen and oxygen atoms in total. The Kier molecular flexibility index (Phi) is 5.72. The lowest BCUT2D eigenvalue weighted by Crippen LogP contribution is -2.49. The van der Waals surface area contributed by atoms with Gasteiger partial charge in [0, 0.05) is 39.6 Å². The Morgan fingerprint density at radius 2 is 1.94 bits per heavy atom. The highest BCUT2D eigenvalue weighted by Crippen LogP contribution is 2.64. The average molecular weight is 460 g/mol. The van der Waals surface area contributed by atoms with Gasteiger partial charge in [0.2, 0.25) is 5.90 Å². The maximum Gasteiger partial charge on any atom is 0.271 e. The van der Waals surface area contributed by atoms with Crippen molar-refractivity contribution in [3.05, 3.63) is 74.2 Å². The fraction of sp³-hybridized carbons (Fsp3) is 0.333. The lowest BCUT2D eigenvalue weighted by atomic mass is 9.67. The summed E-state index contributed by atoms with van der Waals surface area (Å²) in [6.45, 7) is 6.98. The number of hydrazone groups is 1. The summed E-state index contributed by atoms with van der Waals surface area (Å²) in [6, 6.07) is 6.05. The number of carbonyl (C=O) groups is 2. The first-order chi connectivity index (χ1) is 16.1.